The van der Waals surface area contributed by atoms with Crippen LogP contribution in [0.4, 0.5) is 4.39 Å². The molecular formula is C17H27FN4. The maximum Gasteiger partial charge on any atom is 0.193 e. The quantitative estimate of drug-likeness (QED) is 0.668. The summed E-state index contributed by atoms with van der Waals surface area (Å²) >= 11 is 0. The van der Waals surface area contributed by atoms with Gasteiger partial charge in [0.25, 0.3) is 0 Å². The van der Waals surface area contributed by atoms with E-state index in [9.17, 15) is 4.39 Å². The molecule has 0 spiro atoms. The zero-order valence-corrected chi connectivity index (χ0v) is 13.8. The molecule has 0 amide bonds. The Bertz CT molecular complexity index is 503. The molecule has 0 radical (unpaired) electrons. The van der Waals surface area contributed by atoms with Gasteiger partial charge in [0.2, 0.25) is 0 Å². The van der Waals surface area contributed by atoms with Crippen LogP contribution in [0.5, 0.6) is 0 Å². The summed E-state index contributed by atoms with van der Waals surface area (Å²) in [4.78, 5) is 8.84. The number of nitrogens with one attached hydrogen (secondary N) is 1. The van der Waals surface area contributed by atoms with Crippen molar-refractivity contribution in [2.24, 2.45) is 10.9 Å². The highest BCUT2D eigenvalue weighted by atomic mass is 19.1. The lowest BCUT2D eigenvalue weighted by atomic mass is 10.1. The van der Waals surface area contributed by atoms with E-state index in [-0.39, 0.29) is 5.82 Å². The molecule has 0 saturated carbocycles. The fourth-order valence-corrected chi connectivity index (χ4v) is 2.97. The summed E-state index contributed by atoms with van der Waals surface area (Å²) < 4.78 is 13.3. The van der Waals surface area contributed by atoms with Gasteiger partial charge in [-0.3, -0.25) is 4.99 Å². The molecule has 5 heteroatoms. The number of guanidine groups is 1. The normalized spacial score (nSPS) is 19.5. The van der Waals surface area contributed by atoms with Crippen molar-refractivity contribution in [1.29, 1.82) is 0 Å². The van der Waals surface area contributed by atoms with Crippen molar-refractivity contribution in [2.75, 3.05) is 40.3 Å². The van der Waals surface area contributed by atoms with Gasteiger partial charge >= 0.3 is 0 Å². The minimum Gasteiger partial charge on any atom is -0.356 e. The first-order valence-electron chi connectivity index (χ1n) is 8.01. The summed E-state index contributed by atoms with van der Waals surface area (Å²) in [5.74, 6) is 1.35. The van der Waals surface area contributed by atoms with Crippen LogP contribution in [-0.2, 0) is 6.54 Å². The smallest absolute Gasteiger partial charge is 0.193 e. The molecule has 1 aliphatic rings. The third-order valence-electron chi connectivity index (χ3n) is 4.25. The van der Waals surface area contributed by atoms with E-state index in [2.05, 4.69) is 22.1 Å². The Morgan fingerprint density at radius 2 is 2.32 bits per heavy atom. The van der Waals surface area contributed by atoms with Crippen LogP contribution in [-0.4, -0.2) is 56.0 Å². The predicted molar refractivity (Wildman–Crippen MR) is 89.4 cm³/mol. The van der Waals surface area contributed by atoms with E-state index in [0.29, 0.717) is 12.5 Å². The monoisotopic (exact) mass is 306 g/mol. The molecule has 2 rings (SSSR count). The molecule has 1 aromatic rings. The Hall–Kier alpha value is -1.62. The first-order chi connectivity index (χ1) is 10.6. The van der Waals surface area contributed by atoms with Crippen molar-refractivity contribution >= 4 is 5.96 Å². The molecule has 1 fully saturated rings. The Labute approximate surface area is 133 Å². The zero-order chi connectivity index (χ0) is 15.9. The lowest BCUT2D eigenvalue weighted by Crippen LogP contribution is -2.41. The van der Waals surface area contributed by atoms with Gasteiger partial charge < -0.3 is 15.1 Å². The molecule has 1 unspecified atom stereocenters. The molecule has 0 bridgehead atoms. The van der Waals surface area contributed by atoms with Crippen molar-refractivity contribution < 1.29 is 4.39 Å². The van der Waals surface area contributed by atoms with E-state index in [4.69, 9.17) is 0 Å². The highest BCUT2D eigenvalue weighted by Crippen LogP contribution is 2.14. The number of nitrogens with zero attached hydrogens (tertiary/aromatic N) is 3. The van der Waals surface area contributed by atoms with Crippen LogP contribution in [0, 0.1) is 11.7 Å². The van der Waals surface area contributed by atoms with Gasteiger partial charge in [-0.2, -0.15) is 0 Å². The molecule has 0 aromatic heterocycles. The highest BCUT2D eigenvalue weighted by Gasteiger charge is 2.21. The summed E-state index contributed by atoms with van der Waals surface area (Å²) in [5.41, 5.74) is 0.948. The molecule has 122 valence electrons. The van der Waals surface area contributed by atoms with Gasteiger partial charge in [-0.15, -0.1) is 0 Å². The van der Waals surface area contributed by atoms with Crippen molar-refractivity contribution in [1.82, 2.24) is 15.1 Å². The van der Waals surface area contributed by atoms with Crippen LogP contribution in [0.2, 0.25) is 0 Å². The fourth-order valence-electron chi connectivity index (χ4n) is 2.97. The summed E-state index contributed by atoms with van der Waals surface area (Å²) in [6.45, 7) is 7.28. The van der Waals surface area contributed by atoms with E-state index < -0.39 is 0 Å². The minimum absolute atomic E-state index is 0.195. The van der Waals surface area contributed by atoms with Crippen molar-refractivity contribution in [3.8, 4) is 0 Å². The largest absolute Gasteiger partial charge is 0.356 e. The number of benzene rings is 1. The van der Waals surface area contributed by atoms with E-state index in [0.717, 1.165) is 31.2 Å². The van der Waals surface area contributed by atoms with Crippen LogP contribution in [0.15, 0.2) is 29.3 Å². The molecule has 1 heterocycles. The Balaban J connectivity index is 1.83. The number of hydrogen-bond donors (Lipinski definition) is 1. The van der Waals surface area contributed by atoms with Crippen LogP contribution in [0.3, 0.4) is 0 Å². The zero-order valence-electron chi connectivity index (χ0n) is 13.8. The molecule has 1 atom stereocenters. The van der Waals surface area contributed by atoms with Gasteiger partial charge in [-0.05, 0) is 43.1 Å². The first kappa shape index (κ1) is 16.7. The summed E-state index contributed by atoms with van der Waals surface area (Å²) in [5, 5.41) is 3.45. The van der Waals surface area contributed by atoms with Gasteiger partial charge in [-0.1, -0.05) is 19.1 Å². The maximum atomic E-state index is 13.3. The molecule has 1 saturated heterocycles. The predicted octanol–water partition coefficient (Wildman–Crippen LogP) is 2.17. The van der Waals surface area contributed by atoms with Crippen LogP contribution in [0.1, 0.15) is 18.9 Å². The third kappa shape index (κ3) is 4.70. The van der Waals surface area contributed by atoms with Crippen molar-refractivity contribution in [3.05, 3.63) is 35.6 Å². The molecule has 0 aliphatic carbocycles. The van der Waals surface area contributed by atoms with E-state index in [1.807, 2.05) is 18.0 Å². The fraction of sp³-hybridized carbons (Fsp3) is 0.588. The van der Waals surface area contributed by atoms with Crippen LogP contribution < -0.4 is 5.32 Å². The number of hydrogen-bond acceptors (Lipinski definition) is 2. The van der Waals surface area contributed by atoms with E-state index >= 15 is 0 Å². The Morgan fingerprint density at radius 1 is 1.50 bits per heavy atom. The Morgan fingerprint density at radius 3 is 2.95 bits per heavy atom. The minimum atomic E-state index is -0.195. The van der Waals surface area contributed by atoms with Crippen molar-refractivity contribution in [3.63, 3.8) is 0 Å². The van der Waals surface area contributed by atoms with Gasteiger partial charge in [0.05, 0.1) is 0 Å². The highest BCUT2D eigenvalue weighted by molar-refractivity contribution is 5.79. The third-order valence-corrected chi connectivity index (χ3v) is 4.25. The van der Waals surface area contributed by atoms with Crippen LogP contribution >= 0.6 is 0 Å². The van der Waals surface area contributed by atoms with Gasteiger partial charge in [0.15, 0.2) is 5.96 Å². The topological polar surface area (TPSA) is 30.9 Å². The SMILES string of the molecule is CCN1CCC(CNC(=NC)N(C)Cc2cccc(F)c2)C1. The number of likely N-dealkylation sites (tertiary alicyclic amines) is 1. The molecule has 1 aliphatic heterocycles. The summed E-state index contributed by atoms with van der Waals surface area (Å²) in [7, 11) is 3.77. The molecule has 22 heavy (non-hydrogen) atoms. The lowest BCUT2D eigenvalue weighted by Gasteiger charge is -2.23. The standard InChI is InChI=1S/C17H27FN4/c1-4-22-9-8-15(13-22)11-20-17(19-2)21(3)12-14-6-5-7-16(18)10-14/h5-7,10,15H,4,8-9,11-13H2,1-3H3,(H,19,20). The van der Waals surface area contributed by atoms with Gasteiger partial charge in [-0.25, -0.2) is 4.39 Å². The second kappa shape index (κ2) is 8.13. The van der Waals surface area contributed by atoms with Crippen molar-refractivity contribution in [2.45, 2.75) is 19.9 Å². The maximum absolute atomic E-state index is 13.3. The second-order valence-electron chi connectivity index (χ2n) is 5.96. The Kier molecular flexibility index (Phi) is 6.19. The average molecular weight is 306 g/mol. The second-order valence-corrected chi connectivity index (χ2v) is 5.96. The summed E-state index contributed by atoms with van der Waals surface area (Å²) in [6.07, 6.45) is 1.24. The number of rotatable bonds is 5. The number of halogens is 1. The van der Waals surface area contributed by atoms with Crippen LogP contribution in [0.25, 0.3) is 0 Å². The number of aliphatic imine (C=N–C) groups is 1. The lowest BCUT2D eigenvalue weighted by molar-refractivity contribution is 0.340. The van der Waals surface area contributed by atoms with E-state index in [1.165, 1.54) is 19.0 Å². The molecular weight excluding hydrogens is 279 g/mol. The summed E-state index contributed by atoms with van der Waals surface area (Å²) in [6, 6.07) is 6.71. The molecule has 1 aromatic carbocycles. The first-order valence-corrected chi connectivity index (χ1v) is 8.01. The van der Waals surface area contributed by atoms with Gasteiger partial charge in [0, 0.05) is 33.7 Å². The molecule has 4 nitrogen and oxygen atoms in total. The van der Waals surface area contributed by atoms with E-state index in [1.54, 1.807) is 19.2 Å². The van der Waals surface area contributed by atoms with Gasteiger partial charge in [0.1, 0.15) is 5.82 Å². The molecule has 1 N–H and O–H groups in total. The average Bonchev–Trinajstić information content (AvgIpc) is 2.96.